The molecule has 3 heteroatoms. The number of carbonyl (C=O) groups excluding carboxylic acids is 1. The van der Waals surface area contributed by atoms with Crippen LogP contribution in [0.15, 0.2) is 42.0 Å². The highest BCUT2D eigenvalue weighted by Gasteiger charge is 2.05. The summed E-state index contributed by atoms with van der Waals surface area (Å²) in [5.41, 5.74) is 2.00. The fraction of sp³-hybridized carbons (Fsp3) is 0.438. The van der Waals surface area contributed by atoms with E-state index in [9.17, 15) is 4.79 Å². The minimum absolute atomic E-state index is 0.268. The molecule has 0 unspecified atom stereocenters. The maximum absolute atomic E-state index is 11.3. The Bertz CT molecular complexity index is 396. The van der Waals surface area contributed by atoms with E-state index >= 15 is 0 Å². The SMILES string of the molecule is CCC(=CCOCCCc1ccccc1)C(=O)OC. The molecule has 1 aromatic rings. The van der Waals surface area contributed by atoms with Crippen molar-refractivity contribution in [1.82, 2.24) is 0 Å². The Morgan fingerprint density at radius 1 is 1.26 bits per heavy atom. The van der Waals surface area contributed by atoms with E-state index in [0.29, 0.717) is 25.2 Å². The van der Waals surface area contributed by atoms with Crippen LogP contribution in [0, 0.1) is 0 Å². The summed E-state index contributed by atoms with van der Waals surface area (Å²) in [6, 6.07) is 10.3. The Kier molecular flexibility index (Phi) is 7.59. The van der Waals surface area contributed by atoms with Crippen LogP contribution in [0.3, 0.4) is 0 Å². The molecule has 1 aromatic carbocycles. The highest BCUT2D eigenvalue weighted by molar-refractivity contribution is 5.88. The first-order valence-corrected chi connectivity index (χ1v) is 6.67. The van der Waals surface area contributed by atoms with Gasteiger partial charge in [0.15, 0.2) is 0 Å². The molecule has 0 aromatic heterocycles. The van der Waals surface area contributed by atoms with Crippen LogP contribution in [0.4, 0.5) is 0 Å². The summed E-state index contributed by atoms with van der Waals surface area (Å²) >= 11 is 0. The smallest absolute Gasteiger partial charge is 0.333 e. The second-order valence-electron chi connectivity index (χ2n) is 4.24. The summed E-state index contributed by atoms with van der Waals surface area (Å²) in [7, 11) is 1.40. The van der Waals surface area contributed by atoms with Crippen LogP contribution in [-0.4, -0.2) is 26.3 Å². The second-order valence-corrected chi connectivity index (χ2v) is 4.24. The van der Waals surface area contributed by atoms with Crippen LogP contribution in [0.5, 0.6) is 0 Å². The van der Waals surface area contributed by atoms with Gasteiger partial charge in [0.2, 0.25) is 0 Å². The normalized spacial score (nSPS) is 11.4. The summed E-state index contributed by atoms with van der Waals surface area (Å²) in [6.45, 7) is 3.09. The lowest BCUT2D eigenvalue weighted by atomic mass is 10.1. The quantitative estimate of drug-likeness (QED) is 0.410. The van der Waals surface area contributed by atoms with Crippen molar-refractivity contribution in [2.75, 3.05) is 20.3 Å². The van der Waals surface area contributed by atoms with E-state index in [2.05, 4.69) is 16.9 Å². The van der Waals surface area contributed by atoms with Crippen molar-refractivity contribution in [2.45, 2.75) is 26.2 Å². The molecule has 0 saturated carbocycles. The molecule has 0 N–H and O–H groups in total. The van der Waals surface area contributed by atoms with Crippen molar-refractivity contribution < 1.29 is 14.3 Å². The summed E-state index contributed by atoms with van der Waals surface area (Å²) in [6.07, 6.45) is 4.47. The number of rotatable bonds is 8. The van der Waals surface area contributed by atoms with Crippen LogP contribution >= 0.6 is 0 Å². The van der Waals surface area contributed by atoms with Gasteiger partial charge in [-0.05, 0) is 30.9 Å². The van der Waals surface area contributed by atoms with Gasteiger partial charge in [-0.1, -0.05) is 37.3 Å². The predicted molar refractivity (Wildman–Crippen MR) is 76.0 cm³/mol. The number of aryl methyl sites for hydroxylation is 1. The van der Waals surface area contributed by atoms with Crippen molar-refractivity contribution in [3.8, 4) is 0 Å². The zero-order valence-electron chi connectivity index (χ0n) is 11.7. The topological polar surface area (TPSA) is 35.5 Å². The van der Waals surface area contributed by atoms with Gasteiger partial charge in [0.05, 0.1) is 13.7 Å². The molecule has 0 spiro atoms. The fourth-order valence-electron chi connectivity index (χ4n) is 1.77. The number of benzene rings is 1. The maximum Gasteiger partial charge on any atom is 0.333 e. The molecule has 0 fully saturated rings. The highest BCUT2D eigenvalue weighted by Crippen LogP contribution is 2.04. The van der Waals surface area contributed by atoms with Crippen molar-refractivity contribution in [2.24, 2.45) is 0 Å². The Balaban J connectivity index is 2.17. The average molecular weight is 262 g/mol. The highest BCUT2D eigenvalue weighted by atomic mass is 16.5. The van der Waals surface area contributed by atoms with Gasteiger partial charge in [0, 0.05) is 12.2 Å². The van der Waals surface area contributed by atoms with Gasteiger partial charge in [-0.3, -0.25) is 0 Å². The Morgan fingerprint density at radius 3 is 2.63 bits per heavy atom. The molecule has 3 nitrogen and oxygen atoms in total. The van der Waals surface area contributed by atoms with E-state index in [-0.39, 0.29) is 5.97 Å². The van der Waals surface area contributed by atoms with Gasteiger partial charge in [0.1, 0.15) is 0 Å². The standard InChI is InChI=1S/C16H22O3/c1-3-15(16(17)18-2)11-13-19-12-7-10-14-8-5-4-6-9-14/h4-6,8-9,11H,3,7,10,12-13H2,1-2H3. The number of hydrogen-bond donors (Lipinski definition) is 0. The van der Waals surface area contributed by atoms with Gasteiger partial charge < -0.3 is 9.47 Å². The fourth-order valence-corrected chi connectivity index (χ4v) is 1.77. The summed E-state index contributed by atoms with van der Waals surface area (Å²) in [4.78, 5) is 11.3. The van der Waals surface area contributed by atoms with E-state index in [1.54, 1.807) is 6.08 Å². The summed E-state index contributed by atoms with van der Waals surface area (Å²) < 4.78 is 10.2. The molecule has 0 aliphatic heterocycles. The van der Waals surface area contributed by atoms with Crippen LogP contribution in [0.1, 0.15) is 25.3 Å². The van der Waals surface area contributed by atoms with Crippen molar-refractivity contribution in [3.63, 3.8) is 0 Å². The van der Waals surface area contributed by atoms with Gasteiger partial charge in [-0.15, -0.1) is 0 Å². The molecular formula is C16H22O3. The van der Waals surface area contributed by atoms with E-state index < -0.39 is 0 Å². The monoisotopic (exact) mass is 262 g/mol. The Labute approximate surface area is 115 Å². The molecule has 0 atom stereocenters. The van der Waals surface area contributed by atoms with E-state index in [4.69, 9.17) is 4.74 Å². The third-order valence-electron chi connectivity index (χ3n) is 2.87. The minimum Gasteiger partial charge on any atom is -0.466 e. The summed E-state index contributed by atoms with van der Waals surface area (Å²) in [5.74, 6) is -0.268. The molecule has 0 aliphatic rings. The first-order valence-electron chi connectivity index (χ1n) is 6.67. The molecule has 0 heterocycles. The second kappa shape index (κ2) is 9.34. The summed E-state index contributed by atoms with van der Waals surface area (Å²) in [5, 5.41) is 0. The molecule has 19 heavy (non-hydrogen) atoms. The first-order chi connectivity index (χ1) is 9.27. The van der Waals surface area contributed by atoms with E-state index in [0.717, 1.165) is 12.8 Å². The number of ether oxygens (including phenoxy) is 2. The third kappa shape index (κ3) is 6.20. The number of methoxy groups -OCH3 is 1. The predicted octanol–water partition coefficient (Wildman–Crippen LogP) is 3.15. The maximum atomic E-state index is 11.3. The van der Waals surface area contributed by atoms with Gasteiger partial charge >= 0.3 is 5.97 Å². The minimum atomic E-state index is -0.268. The lowest BCUT2D eigenvalue weighted by molar-refractivity contribution is -0.136. The lowest BCUT2D eigenvalue weighted by Gasteiger charge is -2.04. The Hall–Kier alpha value is -1.61. The van der Waals surface area contributed by atoms with Gasteiger partial charge in [-0.2, -0.15) is 0 Å². The van der Waals surface area contributed by atoms with Crippen LogP contribution < -0.4 is 0 Å². The van der Waals surface area contributed by atoms with Gasteiger partial charge in [-0.25, -0.2) is 4.79 Å². The molecule has 0 amide bonds. The number of esters is 1. The van der Waals surface area contributed by atoms with E-state index in [1.807, 2.05) is 25.1 Å². The van der Waals surface area contributed by atoms with Crippen LogP contribution in [0.25, 0.3) is 0 Å². The van der Waals surface area contributed by atoms with Crippen molar-refractivity contribution in [3.05, 3.63) is 47.5 Å². The first kappa shape index (κ1) is 15.4. The number of carbonyl (C=O) groups is 1. The van der Waals surface area contributed by atoms with Crippen molar-refractivity contribution >= 4 is 5.97 Å². The molecular weight excluding hydrogens is 240 g/mol. The molecule has 0 bridgehead atoms. The van der Waals surface area contributed by atoms with Crippen LogP contribution in [0.2, 0.25) is 0 Å². The Morgan fingerprint density at radius 2 is 2.00 bits per heavy atom. The largest absolute Gasteiger partial charge is 0.466 e. The van der Waals surface area contributed by atoms with Gasteiger partial charge in [0.25, 0.3) is 0 Å². The zero-order valence-corrected chi connectivity index (χ0v) is 11.7. The zero-order chi connectivity index (χ0) is 13.9. The lowest BCUT2D eigenvalue weighted by Crippen LogP contribution is -2.06. The molecule has 0 radical (unpaired) electrons. The van der Waals surface area contributed by atoms with E-state index in [1.165, 1.54) is 12.7 Å². The molecule has 0 aliphatic carbocycles. The molecule has 104 valence electrons. The van der Waals surface area contributed by atoms with Crippen LogP contribution in [-0.2, 0) is 20.7 Å². The number of hydrogen-bond acceptors (Lipinski definition) is 3. The molecule has 0 saturated heterocycles. The third-order valence-corrected chi connectivity index (χ3v) is 2.87. The average Bonchev–Trinajstić information content (AvgIpc) is 2.47. The molecule has 1 rings (SSSR count). The van der Waals surface area contributed by atoms with Crippen molar-refractivity contribution in [1.29, 1.82) is 0 Å².